The predicted molar refractivity (Wildman–Crippen MR) is 103 cm³/mol. The van der Waals surface area contributed by atoms with Gasteiger partial charge < -0.3 is 5.11 Å². The molecule has 26 heavy (non-hydrogen) atoms. The average molecular weight is 367 g/mol. The maximum absolute atomic E-state index is 11.6. The zero-order chi connectivity index (χ0) is 18.7. The second kappa shape index (κ2) is 7.45. The Bertz CT molecular complexity index is 1010. The molecule has 0 radical (unpaired) electrons. The van der Waals surface area contributed by atoms with Crippen LogP contribution >= 0.6 is 11.3 Å². The Morgan fingerprint density at radius 2 is 1.92 bits per heavy atom. The number of thiazole rings is 1. The largest absolute Gasteiger partial charge is 0.478 e. The standard InChI is InChI=1S/C19H17N3O3S/c1-3-22(12(2)23)19-21-14(11-26-19)9-8-13-10-16(18(24)25)15-6-4-5-7-17(15)20-13/h4-11H,3H2,1-2H3,(H,24,25)/b9-8-. The number of rotatable bonds is 5. The number of amides is 1. The lowest BCUT2D eigenvalue weighted by Crippen LogP contribution is -2.27. The molecule has 2 aromatic heterocycles. The van der Waals surface area contributed by atoms with Crippen LogP contribution in [0.3, 0.4) is 0 Å². The number of aromatic carboxylic acids is 1. The number of hydrogen-bond acceptors (Lipinski definition) is 5. The van der Waals surface area contributed by atoms with Gasteiger partial charge in [-0.1, -0.05) is 18.2 Å². The summed E-state index contributed by atoms with van der Waals surface area (Å²) in [6.07, 6.45) is 3.48. The Hall–Kier alpha value is -3.06. The van der Waals surface area contributed by atoms with Gasteiger partial charge in [-0.3, -0.25) is 9.69 Å². The van der Waals surface area contributed by atoms with E-state index in [-0.39, 0.29) is 11.5 Å². The summed E-state index contributed by atoms with van der Waals surface area (Å²) in [6.45, 7) is 3.96. The molecular weight excluding hydrogens is 350 g/mol. The van der Waals surface area contributed by atoms with Crippen molar-refractivity contribution in [1.29, 1.82) is 0 Å². The molecule has 1 aromatic carbocycles. The minimum atomic E-state index is -0.991. The van der Waals surface area contributed by atoms with Crippen LogP contribution in [0.5, 0.6) is 0 Å². The van der Waals surface area contributed by atoms with Gasteiger partial charge in [0.2, 0.25) is 5.91 Å². The number of anilines is 1. The van der Waals surface area contributed by atoms with E-state index in [0.29, 0.717) is 34.0 Å². The van der Waals surface area contributed by atoms with E-state index in [1.54, 1.807) is 41.3 Å². The van der Waals surface area contributed by atoms with Gasteiger partial charge in [0.05, 0.1) is 22.5 Å². The molecule has 2 heterocycles. The van der Waals surface area contributed by atoms with E-state index in [0.717, 1.165) is 0 Å². The van der Waals surface area contributed by atoms with Gasteiger partial charge in [-0.25, -0.2) is 14.8 Å². The van der Waals surface area contributed by atoms with E-state index in [9.17, 15) is 14.7 Å². The zero-order valence-corrected chi connectivity index (χ0v) is 15.2. The number of pyridine rings is 1. The van der Waals surface area contributed by atoms with Gasteiger partial charge in [0.25, 0.3) is 0 Å². The molecule has 3 rings (SSSR count). The molecule has 3 aromatic rings. The first-order valence-corrected chi connectivity index (χ1v) is 8.92. The van der Waals surface area contributed by atoms with E-state index < -0.39 is 5.97 Å². The lowest BCUT2D eigenvalue weighted by molar-refractivity contribution is -0.116. The van der Waals surface area contributed by atoms with Crippen molar-refractivity contribution in [3.63, 3.8) is 0 Å². The van der Waals surface area contributed by atoms with Crippen molar-refractivity contribution in [1.82, 2.24) is 9.97 Å². The average Bonchev–Trinajstić information content (AvgIpc) is 3.08. The smallest absolute Gasteiger partial charge is 0.336 e. The number of para-hydroxylation sites is 1. The van der Waals surface area contributed by atoms with E-state index in [4.69, 9.17) is 0 Å². The third-order valence-corrected chi connectivity index (χ3v) is 4.71. The van der Waals surface area contributed by atoms with Gasteiger partial charge in [0.15, 0.2) is 5.13 Å². The first kappa shape index (κ1) is 17.8. The molecule has 0 unspecified atom stereocenters. The van der Waals surface area contributed by atoms with Gasteiger partial charge >= 0.3 is 5.97 Å². The molecule has 0 aliphatic heterocycles. The van der Waals surface area contributed by atoms with Crippen molar-refractivity contribution in [3.8, 4) is 0 Å². The minimum Gasteiger partial charge on any atom is -0.478 e. The van der Waals surface area contributed by atoms with E-state index in [1.807, 2.05) is 18.4 Å². The molecule has 0 fully saturated rings. The van der Waals surface area contributed by atoms with E-state index >= 15 is 0 Å². The molecule has 6 nitrogen and oxygen atoms in total. The SMILES string of the molecule is CCN(C(C)=O)c1nc(/C=C\c2cc(C(=O)O)c3ccccc3n2)cs1. The van der Waals surface area contributed by atoms with Crippen LogP contribution < -0.4 is 4.90 Å². The third-order valence-electron chi connectivity index (χ3n) is 3.83. The Kier molecular flexibility index (Phi) is 5.09. The molecule has 0 spiro atoms. The number of carbonyl (C=O) groups excluding carboxylic acids is 1. The Morgan fingerprint density at radius 3 is 2.62 bits per heavy atom. The van der Waals surface area contributed by atoms with Crippen molar-refractivity contribution in [3.05, 3.63) is 52.7 Å². The van der Waals surface area contributed by atoms with Crippen LogP contribution in [-0.2, 0) is 4.79 Å². The lowest BCUT2D eigenvalue weighted by atomic mass is 10.1. The quantitative estimate of drug-likeness (QED) is 0.739. The third kappa shape index (κ3) is 3.62. The molecule has 0 saturated carbocycles. The molecule has 1 N–H and O–H groups in total. The molecule has 0 atom stereocenters. The molecule has 0 saturated heterocycles. The fourth-order valence-electron chi connectivity index (χ4n) is 2.60. The van der Waals surface area contributed by atoms with Crippen LogP contribution in [0.15, 0.2) is 35.7 Å². The normalized spacial score (nSPS) is 11.2. The van der Waals surface area contributed by atoms with Gasteiger partial charge in [-0.15, -0.1) is 11.3 Å². The molecule has 0 aliphatic rings. The maximum Gasteiger partial charge on any atom is 0.336 e. The zero-order valence-electron chi connectivity index (χ0n) is 14.3. The highest BCUT2D eigenvalue weighted by molar-refractivity contribution is 7.14. The molecule has 132 valence electrons. The number of carboxylic acids is 1. The van der Waals surface area contributed by atoms with Crippen LogP contribution in [0.1, 0.15) is 35.6 Å². The van der Waals surface area contributed by atoms with Crippen LogP contribution in [0, 0.1) is 0 Å². The number of hydrogen-bond donors (Lipinski definition) is 1. The lowest BCUT2D eigenvalue weighted by Gasteiger charge is -2.14. The summed E-state index contributed by atoms with van der Waals surface area (Å²) in [5.74, 6) is -1.05. The van der Waals surface area contributed by atoms with Gasteiger partial charge in [-0.05, 0) is 31.2 Å². The molecule has 0 aliphatic carbocycles. The van der Waals surface area contributed by atoms with E-state index in [1.165, 1.54) is 18.3 Å². The van der Waals surface area contributed by atoms with Gasteiger partial charge in [0, 0.05) is 24.2 Å². The van der Waals surface area contributed by atoms with E-state index in [2.05, 4.69) is 9.97 Å². The Labute approximate surface area is 154 Å². The van der Waals surface area contributed by atoms with Gasteiger partial charge in [0.1, 0.15) is 0 Å². The highest BCUT2D eigenvalue weighted by atomic mass is 32.1. The number of benzene rings is 1. The second-order valence-electron chi connectivity index (χ2n) is 5.57. The van der Waals surface area contributed by atoms with Crippen molar-refractivity contribution in [2.45, 2.75) is 13.8 Å². The van der Waals surface area contributed by atoms with Crippen LogP contribution in [0.4, 0.5) is 5.13 Å². The summed E-state index contributed by atoms with van der Waals surface area (Å²) in [6, 6.07) is 8.68. The number of fused-ring (bicyclic) bond motifs is 1. The van der Waals surface area contributed by atoms with Gasteiger partial charge in [-0.2, -0.15) is 0 Å². The number of aromatic nitrogens is 2. The Morgan fingerprint density at radius 1 is 1.19 bits per heavy atom. The summed E-state index contributed by atoms with van der Waals surface area (Å²) >= 11 is 1.38. The Balaban J connectivity index is 1.93. The maximum atomic E-state index is 11.6. The molecule has 1 amide bonds. The topological polar surface area (TPSA) is 83.4 Å². The minimum absolute atomic E-state index is 0.0559. The van der Waals surface area contributed by atoms with Crippen molar-refractivity contribution in [2.24, 2.45) is 0 Å². The number of carboxylic acid groups (broad SMARTS) is 1. The molecular formula is C19H17N3O3S. The van der Waals surface area contributed by atoms with Crippen molar-refractivity contribution >= 4 is 51.4 Å². The monoisotopic (exact) mass is 367 g/mol. The highest BCUT2D eigenvalue weighted by Gasteiger charge is 2.13. The molecule has 0 bridgehead atoms. The summed E-state index contributed by atoms with van der Waals surface area (Å²) in [4.78, 5) is 33.6. The first-order valence-electron chi connectivity index (χ1n) is 8.04. The van der Waals surface area contributed by atoms with Crippen LogP contribution in [-0.4, -0.2) is 33.5 Å². The fraction of sp³-hybridized carbons (Fsp3) is 0.158. The summed E-state index contributed by atoms with van der Waals surface area (Å²) < 4.78 is 0. The second-order valence-corrected chi connectivity index (χ2v) is 6.41. The number of nitrogens with zero attached hydrogens (tertiary/aromatic N) is 3. The summed E-state index contributed by atoms with van der Waals surface area (Å²) in [5.41, 5.74) is 2.06. The predicted octanol–water partition coefficient (Wildman–Crippen LogP) is 3.93. The van der Waals surface area contributed by atoms with Crippen LogP contribution in [0.2, 0.25) is 0 Å². The first-order chi connectivity index (χ1) is 12.5. The highest BCUT2D eigenvalue weighted by Crippen LogP contribution is 2.23. The van der Waals surface area contributed by atoms with Crippen LogP contribution in [0.25, 0.3) is 23.1 Å². The summed E-state index contributed by atoms with van der Waals surface area (Å²) in [7, 11) is 0. The van der Waals surface area contributed by atoms with Crippen molar-refractivity contribution < 1.29 is 14.7 Å². The van der Waals surface area contributed by atoms with Crippen molar-refractivity contribution in [2.75, 3.05) is 11.4 Å². The summed E-state index contributed by atoms with van der Waals surface area (Å²) in [5, 5.41) is 12.5. The number of carbonyl (C=O) groups is 2. The fourth-order valence-corrected chi connectivity index (χ4v) is 3.50. The molecule has 7 heteroatoms.